The molecule has 0 saturated carbocycles. The molecule has 0 heterocycles. The van der Waals surface area contributed by atoms with Crippen molar-refractivity contribution in [1.29, 1.82) is 0 Å². The number of rotatable bonds is 3. The highest BCUT2D eigenvalue weighted by molar-refractivity contribution is 14.1. The Morgan fingerprint density at radius 3 is 2.44 bits per heavy atom. The molecule has 3 nitrogen and oxygen atoms in total. The average molecular weight is 350 g/mol. The lowest BCUT2D eigenvalue weighted by atomic mass is 10.2. The lowest BCUT2D eigenvalue weighted by molar-refractivity contribution is 0.0954. The molecular weight excluding hydrogens is 339 g/mol. The number of amides is 1. The molecule has 0 fully saturated rings. The van der Waals surface area contributed by atoms with Gasteiger partial charge in [0.1, 0.15) is 0 Å². The van der Waals surface area contributed by atoms with Gasteiger partial charge < -0.3 is 0 Å². The van der Waals surface area contributed by atoms with E-state index in [1.807, 2.05) is 48.5 Å². The maximum absolute atomic E-state index is 11.8. The molecule has 0 aromatic heterocycles. The van der Waals surface area contributed by atoms with Gasteiger partial charge in [-0.2, -0.15) is 5.10 Å². The van der Waals surface area contributed by atoms with Crippen LogP contribution in [0.2, 0.25) is 0 Å². The summed E-state index contributed by atoms with van der Waals surface area (Å²) in [7, 11) is 0. The van der Waals surface area contributed by atoms with E-state index in [4.69, 9.17) is 0 Å². The third-order valence-electron chi connectivity index (χ3n) is 2.30. The van der Waals surface area contributed by atoms with E-state index in [0.717, 1.165) is 9.13 Å². The van der Waals surface area contributed by atoms with Crippen molar-refractivity contribution < 1.29 is 4.79 Å². The van der Waals surface area contributed by atoms with Crippen LogP contribution in [0.3, 0.4) is 0 Å². The van der Waals surface area contributed by atoms with E-state index in [1.165, 1.54) is 0 Å². The Morgan fingerprint density at radius 2 is 1.72 bits per heavy atom. The molecule has 90 valence electrons. The minimum absolute atomic E-state index is 0.202. The smallest absolute Gasteiger partial charge is 0.267 e. The normalized spacial score (nSPS) is 10.5. The number of hydrogen-bond donors (Lipinski definition) is 1. The average Bonchev–Trinajstić information content (AvgIpc) is 2.40. The van der Waals surface area contributed by atoms with Crippen molar-refractivity contribution in [2.45, 2.75) is 0 Å². The van der Waals surface area contributed by atoms with E-state index in [1.54, 1.807) is 12.3 Å². The second-order valence-electron chi connectivity index (χ2n) is 3.59. The molecule has 2 aromatic rings. The first kappa shape index (κ1) is 12.8. The van der Waals surface area contributed by atoms with Gasteiger partial charge in [0.15, 0.2) is 0 Å². The van der Waals surface area contributed by atoms with Gasteiger partial charge in [-0.25, -0.2) is 5.43 Å². The highest BCUT2D eigenvalue weighted by Gasteiger charge is 2.06. The van der Waals surface area contributed by atoms with E-state index >= 15 is 0 Å². The lowest BCUT2D eigenvalue weighted by Crippen LogP contribution is -2.18. The fourth-order valence-electron chi connectivity index (χ4n) is 1.41. The molecule has 0 saturated heterocycles. The molecule has 2 rings (SSSR count). The maximum atomic E-state index is 11.8. The zero-order valence-electron chi connectivity index (χ0n) is 9.51. The van der Waals surface area contributed by atoms with Crippen molar-refractivity contribution in [3.63, 3.8) is 0 Å². The molecule has 0 radical (unpaired) electrons. The van der Waals surface area contributed by atoms with Gasteiger partial charge in [-0.15, -0.1) is 0 Å². The Balaban J connectivity index is 2.01. The molecule has 1 N–H and O–H groups in total. The fraction of sp³-hybridized carbons (Fsp3) is 0. The summed E-state index contributed by atoms with van der Waals surface area (Å²) in [4.78, 5) is 11.8. The van der Waals surface area contributed by atoms with Gasteiger partial charge >= 0.3 is 0 Å². The summed E-state index contributed by atoms with van der Waals surface area (Å²) in [6.07, 6.45) is 1.62. The third kappa shape index (κ3) is 3.40. The number of hydrogen-bond acceptors (Lipinski definition) is 2. The van der Waals surface area contributed by atoms with E-state index < -0.39 is 0 Å². The zero-order chi connectivity index (χ0) is 12.8. The highest BCUT2D eigenvalue weighted by Crippen LogP contribution is 2.10. The second-order valence-corrected chi connectivity index (χ2v) is 4.75. The minimum atomic E-state index is -0.202. The molecule has 4 heteroatoms. The van der Waals surface area contributed by atoms with Gasteiger partial charge in [-0.3, -0.25) is 4.79 Å². The van der Waals surface area contributed by atoms with Crippen LogP contribution < -0.4 is 5.43 Å². The van der Waals surface area contributed by atoms with E-state index in [2.05, 4.69) is 33.1 Å². The van der Waals surface area contributed by atoms with Crippen molar-refractivity contribution in [1.82, 2.24) is 5.43 Å². The first-order chi connectivity index (χ1) is 8.77. The van der Waals surface area contributed by atoms with Crippen LogP contribution in [0.25, 0.3) is 0 Å². The van der Waals surface area contributed by atoms with Crippen LogP contribution in [0.5, 0.6) is 0 Å². The van der Waals surface area contributed by atoms with Crippen molar-refractivity contribution in [3.05, 3.63) is 69.3 Å². The summed E-state index contributed by atoms with van der Waals surface area (Å²) >= 11 is 2.13. The standard InChI is InChI=1S/C14H11IN2O/c15-13-9-5-4-8-12(13)14(18)17-16-10-11-6-2-1-3-7-11/h1-10H,(H,17,18)/b16-10-. The molecule has 0 unspecified atom stereocenters. The summed E-state index contributed by atoms with van der Waals surface area (Å²) < 4.78 is 0.905. The van der Waals surface area contributed by atoms with E-state index in [9.17, 15) is 4.79 Å². The van der Waals surface area contributed by atoms with Gasteiger partial charge in [-0.05, 0) is 40.3 Å². The minimum Gasteiger partial charge on any atom is -0.267 e. The molecule has 1 amide bonds. The first-order valence-electron chi connectivity index (χ1n) is 5.40. The van der Waals surface area contributed by atoms with Crippen molar-refractivity contribution in [2.75, 3.05) is 0 Å². The zero-order valence-corrected chi connectivity index (χ0v) is 11.7. The SMILES string of the molecule is O=C(N/N=C\c1ccccc1)c1ccccc1I. The molecular formula is C14H11IN2O. The lowest BCUT2D eigenvalue weighted by Gasteiger charge is -2.01. The third-order valence-corrected chi connectivity index (χ3v) is 3.24. The van der Waals surface area contributed by atoms with Crippen LogP contribution >= 0.6 is 22.6 Å². The van der Waals surface area contributed by atoms with Gasteiger partial charge in [0.05, 0.1) is 11.8 Å². The first-order valence-corrected chi connectivity index (χ1v) is 6.48. The fourth-order valence-corrected chi connectivity index (χ4v) is 2.04. The Labute approximate surface area is 119 Å². The van der Waals surface area contributed by atoms with Crippen LogP contribution in [-0.4, -0.2) is 12.1 Å². The molecule has 18 heavy (non-hydrogen) atoms. The molecule has 0 aliphatic rings. The quantitative estimate of drug-likeness (QED) is 0.516. The topological polar surface area (TPSA) is 41.5 Å². The van der Waals surface area contributed by atoms with E-state index in [0.29, 0.717) is 5.56 Å². The number of nitrogens with one attached hydrogen (secondary N) is 1. The van der Waals surface area contributed by atoms with Gasteiger partial charge in [0.2, 0.25) is 0 Å². The number of nitrogens with zero attached hydrogens (tertiary/aromatic N) is 1. The Bertz CT molecular complexity index is 567. The summed E-state index contributed by atoms with van der Waals surface area (Å²) in [5.41, 5.74) is 4.09. The molecule has 0 aliphatic heterocycles. The Kier molecular flexibility index (Phi) is 4.46. The predicted molar refractivity (Wildman–Crippen MR) is 80.7 cm³/mol. The summed E-state index contributed by atoms with van der Waals surface area (Å²) in [5.74, 6) is -0.202. The van der Waals surface area contributed by atoms with Crippen LogP contribution in [0.1, 0.15) is 15.9 Å². The highest BCUT2D eigenvalue weighted by atomic mass is 127. The van der Waals surface area contributed by atoms with Crippen molar-refractivity contribution in [3.8, 4) is 0 Å². The van der Waals surface area contributed by atoms with Gasteiger partial charge in [-0.1, -0.05) is 42.5 Å². The molecule has 2 aromatic carbocycles. The molecule has 0 atom stereocenters. The van der Waals surface area contributed by atoms with Crippen LogP contribution in [-0.2, 0) is 0 Å². The maximum Gasteiger partial charge on any atom is 0.272 e. The van der Waals surface area contributed by atoms with E-state index in [-0.39, 0.29) is 5.91 Å². The molecule has 0 bridgehead atoms. The molecule has 0 spiro atoms. The van der Waals surface area contributed by atoms with Gasteiger partial charge in [0.25, 0.3) is 5.91 Å². The largest absolute Gasteiger partial charge is 0.272 e. The summed E-state index contributed by atoms with van der Waals surface area (Å²) in [6, 6.07) is 17.0. The van der Waals surface area contributed by atoms with Crippen molar-refractivity contribution >= 4 is 34.7 Å². The molecule has 0 aliphatic carbocycles. The number of carbonyl (C=O) groups excluding carboxylic acids is 1. The van der Waals surface area contributed by atoms with Crippen LogP contribution in [0.15, 0.2) is 59.7 Å². The summed E-state index contributed by atoms with van der Waals surface area (Å²) in [5, 5.41) is 3.93. The second kappa shape index (κ2) is 6.30. The predicted octanol–water partition coefficient (Wildman–Crippen LogP) is 3.06. The number of halogens is 1. The Morgan fingerprint density at radius 1 is 1.06 bits per heavy atom. The monoisotopic (exact) mass is 350 g/mol. The van der Waals surface area contributed by atoms with Gasteiger partial charge in [0, 0.05) is 3.57 Å². The number of hydrazone groups is 1. The van der Waals surface area contributed by atoms with Crippen LogP contribution in [0, 0.1) is 3.57 Å². The van der Waals surface area contributed by atoms with Crippen molar-refractivity contribution in [2.24, 2.45) is 5.10 Å². The Hall–Kier alpha value is -1.69. The number of benzene rings is 2. The van der Waals surface area contributed by atoms with Crippen LogP contribution in [0.4, 0.5) is 0 Å². The number of carbonyl (C=O) groups is 1. The summed E-state index contributed by atoms with van der Waals surface area (Å²) in [6.45, 7) is 0.